The van der Waals surface area contributed by atoms with Crippen LogP contribution in [0.15, 0.2) is 29.3 Å². The van der Waals surface area contributed by atoms with E-state index in [0.29, 0.717) is 6.10 Å². The number of ether oxygens (including phenoxy) is 2. The summed E-state index contributed by atoms with van der Waals surface area (Å²) in [5.74, 6) is 1.04. The van der Waals surface area contributed by atoms with Crippen molar-refractivity contribution in [3.8, 4) is 0 Å². The lowest BCUT2D eigenvalue weighted by Gasteiger charge is -2.34. The number of halogens is 1. The average molecular weight is 547 g/mol. The number of para-hydroxylation sites is 1. The first-order valence-electron chi connectivity index (χ1n) is 10.8. The fourth-order valence-corrected chi connectivity index (χ4v) is 4.56. The van der Waals surface area contributed by atoms with E-state index in [2.05, 4.69) is 35.3 Å². The van der Waals surface area contributed by atoms with Crippen LogP contribution in [0.4, 0.5) is 0 Å². The molecule has 1 fully saturated rings. The van der Waals surface area contributed by atoms with Gasteiger partial charge in [0.2, 0.25) is 0 Å². The molecule has 2 aromatic rings. The number of aliphatic imine (C=N–C) groups is 1. The Balaban J connectivity index is 0.00000320. The van der Waals surface area contributed by atoms with Crippen molar-refractivity contribution in [2.75, 3.05) is 46.5 Å². The van der Waals surface area contributed by atoms with E-state index in [1.54, 1.807) is 18.4 Å². The number of aromatic nitrogens is 1. The molecule has 0 saturated carbocycles. The number of aryl methyl sites for hydroxylation is 1. The summed E-state index contributed by atoms with van der Waals surface area (Å²) in [5.41, 5.74) is 1.11. The molecule has 3 rings (SSSR count). The van der Waals surface area contributed by atoms with Gasteiger partial charge in [0.25, 0.3) is 0 Å². The SMILES string of the molecule is CCNC(=NCCCc1nc2ccccc2s1)N1CCC(OCCCOC)CC1.I. The van der Waals surface area contributed by atoms with Crippen molar-refractivity contribution in [3.63, 3.8) is 0 Å². The molecular formula is C22H35IN4O2S. The quantitative estimate of drug-likeness (QED) is 0.208. The lowest BCUT2D eigenvalue weighted by Crippen LogP contribution is -2.47. The minimum absolute atomic E-state index is 0. The zero-order valence-corrected chi connectivity index (χ0v) is 21.3. The summed E-state index contributed by atoms with van der Waals surface area (Å²) in [4.78, 5) is 12.0. The van der Waals surface area contributed by atoms with Crippen LogP contribution >= 0.6 is 35.3 Å². The Morgan fingerprint density at radius 2 is 2.03 bits per heavy atom. The van der Waals surface area contributed by atoms with Crippen molar-refractivity contribution in [2.45, 2.75) is 45.1 Å². The smallest absolute Gasteiger partial charge is 0.193 e. The lowest BCUT2D eigenvalue weighted by atomic mass is 10.1. The van der Waals surface area contributed by atoms with Crippen LogP contribution in [0.25, 0.3) is 10.2 Å². The van der Waals surface area contributed by atoms with Crippen LogP contribution in [-0.4, -0.2) is 68.4 Å². The third-order valence-electron chi connectivity index (χ3n) is 5.07. The number of hydrogen-bond donors (Lipinski definition) is 1. The molecule has 30 heavy (non-hydrogen) atoms. The number of likely N-dealkylation sites (tertiary alicyclic amines) is 1. The van der Waals surface area contributed by atoms with Gasteiger partial charge >= 0.3 is 0 Å². The van der Waals surface area contributed by atoms with Gasteiger partial charge in [0.1, 0.15) is 0 Å². The van der Waals surface area contributed by atoms with Crippen molar-refractivity contribution in [2.24, 2.45) is 4.99 Å². The fraction of sp³-hybridized carbons (Fsp3) is 0.636. The Morgan fingerprint density at radius 1 is 1.23 bits per heavy atom. The van der Waals surface area contributed by atoms with Gasteiger partial charge in [-0.1, -0.05) is 12.1 Å². The van der Waals surface area contributed by atoms with Crippen LogP contribution in [0.5, 0.6) is 0 Å². The second-order valence-electron chi connectivity index (χ2n) is 7.32. The Labute approximate surface area is 201 Å². The van der Waals surface area contributed by atoms with Gasteiger partial charge in [-0.2, -0.15) is 0 Å². The number of benzene rings is 1. The van der Waals surface area contributed by atoms with Crippen LogP contribution in [-0.2, 0) is 15.9 Å². The lowest BCUT2D eigenvalue weighted by molar-refractivity contribution is 0.00990. The van der Waals surface area contributed by atoms with Crippen LogP contribution in [0, 0.1) is 0 Å². The van der Waals surface area contributed by atoms with E-state index in [4.69, 9.17) is 19.5 Å². The molecule has 1 aromatic heterocycles. The number of hydrogen-bond acceptors (Lipinski definition) is 5. The summed E-state index contributed by atoms with van der Waals surface area (Å²) in [7, 11) is 1.74. The summed E-state index contributed by atoms with van der Waals surface area (Å²) < 4.78 is 12.3. The Bertz CT molecular complexity index is 729. The molecule has 8 heteroatoms. The zero-order chi connectivity index (χ0) is 20.3. The second-order valence-corrected chi connectivity index (χ2v) is 8.43. The molecule has 0 amide bonds. The molecule has 0 unspecified atom stereocenters. The van der Waals surface area contributed by atoms with Crippen LogP contribution in [0.2, 0.25) is 0 Å². The first-order chi connectivity index (χ1) is 14.3. The van der Waals surface area contributed by atoms with Crippen molar-refractivity contribution in [1.82, 2.24) is 15.2 Å². The maximum Gasteiger partial charge on any atom is 0.193 e. The number of nitrogens with zero attached hydrogens (tertiary/aromatic N) is 3. The van der Waals surface area contributed by atoms with Gasteiger partial charge in [-0.05, 0) is 44.7 Å². The molecule has 6 nitrogen and oxygen atoms in total. The van der Waals surface area contributed by atoms with E-state index >= 15 is 0 Å². The molecule has 1 N–H and O–H groups in total. The summed E-state index contributed by atoms with van der Waals surface area (Å²) in [6.45, 7) is 7.40. The highest BCUT2D eigenvalue weighted by Gasteiger charge is 2.21. The standard InChI is InChI=1S/C22H34N4O2S.HI/c1-3-23-22(26-14-11-18(12-15-26)28-17-7-16-27-2)24-13-6-10-21-25-19-8-4-5-9-20(19)29-21;/h4-5,8-9,18H,3,6-7,10-17H2,1-2H3,(H,23,24);1H. The largest absolute Gasteiger partial charge is 0.385 e. The molecule has 1 saturated heterocycles. The molecule has 1 aromatic carbocycles. The molecule has 1 aliphatic heterocycles. The summed E-state index contributed by atoms with van der Waals surface area (Å²) in [6.07, 6.45) is 5.46. The molecule has 0 spiro atoms. The van der Waals surface area contributed by atoms with E-state index in [9.17, 15) is 0 Å². The molecule has 0 radical (unpaired) electrons. The van der Waals surface area contributed by atoms with Gasteiger partial charge in [-0.15, -0.1) is 35.3 Å². The number of rotatable bonds is 10. The Hall–Kier alpha value is -0.970. The average Bonchev–Trinajstić information content (AvgIpc) is 3.17. The monoisotopic (exact) mass is 546 g/mol. The zero-order valence-electron chi connectivity index (χ0n) is 18.1. The van der Waals surface area contributed by atoms with E-state index < -0.39 is 0 Å². The number of methoxy groups -OCH3 is 1. The molecule has 0 aliphatic carbocycles. The second kappa shape index (κ2) is 14.2. The van der Waals surface area contributed by atoms with E-state index in [1.807, 2.05) is 6.07 Å². The highest BCUT2D eigenvalue weighted by molar-refractivity contribution is 14.0. The third-order valence-corrected chi connectivity index (χ3v) is 6.17. The van der Waals surface area contributed by atoms with Gasteiger partial charge in [0.05, 0.1) is 21.3 Å². The molecule has 168 valence electrons. The van der Waals surface area contributed by atoms with E-state index in [0.717, 1.165) is 83.0 Å². The summed E-state index contributed by atoms with van der Waals surface area (Å²) in [6, 6.07) is 8.35. The van der Waals surface area contributed by atoms with Gasteiger partial charge in [-0.25, -0.2) is 4.98 Å². The Morgan fingerprint density at radius 3 is 2.77 bits per heavy atom. The minimum Gasteiger partial charge on any atom is -0.385 e. The van der Waals surface area contributed by atoms with E-state index in [-0.39, 0.29) is 24.0 Å². The van der Waals surface area contributed by atoms with Crippen molar-refractivity contribution in [3.05, 3.63) is 29.3 Å². The van der Waals surface area contributed by atoms with E-state index in [1.165, 1.54) is 9.71 Å². The number of piperidine rings is 1. The molecule has 0 atom stereocenters. The predicted molar refractivity (Wildman–Crippen MR) is 136 cm³/mol. The third kappa shape index (κ3) is 7.94. The topological polar surface area (TPSA) is 59.0 Å². The number of guanidine groups is 1. The predicted octanol–water partition coefficient (Wildman–Crippen LogP) is 4.33. The highest BCUT2D eigenvalue weighted by Crippen LogP contribution is 2.22. The molecule has 0 bridgehead atoms. The normalized spacial score (nSPS) is 15.4. The summed E-state index contributed by atoms with van der Waals surface area (Å²) in [5, 5.41) is 4.66. The van der Waals surface area contributed by atoms with Crippen LogP contribution in [0.1, 0.15) is 37.6 Å². The summed E-state index contributed by atoms with van der Waals surface area (Å²) >= 11 is 1.80. The van der Waals surface area contributed by atoms with Crippen LogP contribution < -0.4 is 5.32 Å². The van der Waals surface area contributed by atoms with Gasteiger partial charge < -0.3 is 19.7 Å². The van der Waals surface area contributed by atoms with Crippen molar-refractivity contribution < 1.29 is 9.47 Å². The number of fused-ring (bicyclic) bond motifs is 1. The van der Waals surface area contributed by atoms with Gasteiger partial charge in [0.15, 0.2) is 5.96 Å². The Kier molecular flexibility index (Phi) is 11.9. The minimum atomic E-state index is 0. The first kappa shape index (κ1) is 25.3. The first-order valence-corrected chi connectivity index (χ1v) is 11.6. The van der Waals surface area contributed by atoms with Crippen LogP contribution in [0.3, 0.4) is 0 Å². The number of nitrogens with one attached hydrogen (secondary N) is 1. The molecule has 1 aliphatic rings. The van der Waals surface area contributed by atoms with Gasteiger partial charge in [-0.3, -0.25) is 4.99 Å². The van der Waals surface area contributed by atoms with Crippen molar-refractivity contribution in [1.29, 1.82) is 0 Å². The molecule has 2 heterocycles. The molecular weight excluding hydrogens is 511 g/mol. The highest BCUT2D eigenvalue weighted by atomic mass is 127. The maximum absolute atomic E-state index is 5.97. The maximum atomic E-state index is 5.97. The number of thiazole rings is 1. The fourth-order valence-electron chi connectivity index (χ4n) is 3.56. The van der Waals surface area contributed by atoms with Crippen molar-refractivity contribution >= 4 is 51.5 Å². The van der Waals surface area contributed by atoms with Gasteiger partial charge in [0, 0.05) is 52.9 Å².